The van der Waals surface area contributed by atoms with Crippen molar-refractivity contribution in [2.75, 3.05) is 0 Å². The standard InChI is InChI=1S/C16H14N2O3/c1-10(19)11-6-8-12(9-7-11)18-14-5-3-2-4-13(14)15(17-18)16(20)21/h2-10,19H,1H3,(H,20,21). The summed E-state index contributed by atoms with van der Waals surface area (Å²) in [6, 6.07) is 14.4. The lowest BCUT2D eigenvalue weighted by Crippen LogP contribution is -2.01. The Labute approximate surface area is 121 Å². The number of fused-ring (bicyclic) bond motifs is 1. The molecule has 2 N–H and O–H groups in total. The number of aliphatic hydroxyl groups is 1. The maximum Gasteiger partial charge on any atom is 0.357 e. The lowest BCUT2D eigenvalue weighted by Gasteiger charge is -2.07. The molecule has 3 aromatic rings. The minimum absolute atomic E-state index is 0.0326. The van der Waals surface area contributed by atoms with Crippen molar-refractivity contribution >= 4 is 16.9 Å². The Morgan fingerprint density at radius 3 is 2.43 bits per heavy atom. The van der Waals surface area contributed by atoms with Gasteiger partial charge in [0.05, 0.1) is 17.3 Å². The second-order valence-corrected chi connectivity index (χ2v) is 4.85. The van der Waals surface area contributed by atoms with Crippen molar-refractivity contribution in [3.63, 3.8) is 0 Å². The SMILES string of the molecule is CC(O)c1ccc(-n2nc(C(=O)O)c3ccccc32)cc1. The summed E-state index contributed by atoms with van der Waals surface area (Å²) in [7, 11) is 0. The summed E-state index contributed by atoms with van der Waals surface area (Å²) in [5.74, 6) is -1.05. The molecule has 1 atom stereocenters. The number of aliphatic hydroxyl groups excluding tert-OH is 1. The van der Waals surface area contributed by atoms with Crippen LogP contribution >= 0.6 is 0 Å². The summed E-state index contributed by atoms with van der Waals surface area (Å²) in [5, 5.41) is 23.6. The van der Waals surface area contributed by atoms with E-state index in [2.05, 4.69) is 5.10 Å². The molecule has 3 rings (SSSR count). The monoisotopic (exact) mass is 282 g/mol. The maximum absolute atomic E-state index is 11.3. The molecule has 1 aromatic heterocycles. The predicted molar refractivity (Wildman–Crippen MR) is 78.7 cm³/mol. The van der Waals surface area contributed by atoms with Crippen LogP contribution in [0.5, 0.6) is 0 Å². The maximum atomic E-state index is 11.3. The van der Waals surface area contributed by atoms with Gasteiger partial charge in [-0.25, -0.2) is 9.48 Å². The summed E-state index contributed by atoms with van der Waals surface area (Å²) < 4.78 is 1.60. The van der Waals surface area contributed by atoms with E-state index in [1.165, 1.54) is 0 Å². The van der Waals surface area contributed by atoms with Crippen molar-refractivity contribution in [2.24, 2.45) is 0 Å². The van der Waals surface area contributed by atoms with Crippen LogP contribution in [-0.4, -0.2) is 26.0 Å². The lowest BCUT2D eigenvalue weighted by molar-refractivity contribution is 0.0692. The molecule has 0 saturated carbocycles. The van der Waals surface area contributed by atoms with Crippen LogP contribution in [0.2, 0.25) is 0 Å². The van der Waals surface area contributed by atoms with Crippen molar-refractivity contribution < 1.29 is 15.0 Å². The van der Waals surface area contributed by atoms with E-state index in [4.69, 9.17) is 0 Å². The number of carboxylic acid groups (broad SMARTS) is 1. The Balaban J connectivity index is 2.18. The number of hydrogen-bond acceptors (Lipinski definition) is 3. The van der Waals surface area contributed by atoms with Crippen molar-refractivity contribution in [3.8, 4) is 5.69 Å². The van der Waals surface area contributed by atoms with Gasteiger partial charge in [-0.3, -0.25) is 0 Å². The van der Waals surface area contributed by atoms with Gasteiger partial charge in [0.15, 0.2) is 5.69 Å². The Bertz CT molecular complexity index is 804. The first-order chi connectivity index (χ1) is 10.1. The molecule has 0 saturated heterocycles. The van der Waals surface area contributed by atoms with E-state index < -0.39 is 12.1 Å². The van der Waals surface area contributed by atoms with Gasteiger partial charge in [0.2, 0.25) is 0 Å². The fourth-order valence-corrected chi connectivity index (χ4v) is 2.32. The van der Waals surface area contributed by atoms with E-state index in [9.17, 15) is 15.0 Å². The molecule has 0 aliphatic heterocycles. The molecule has 1 heterocycles. The molecule has 0 radical (unpaired) electrons. The number of carbonyl (C=O) groups is 1. The van der Waals surface area contributed by atoms with Gasteiger partial charge < -0.3 is 10.2 Å². The zero-order valence-corrected chi connectivity index (χ0v) is 11.4. The topological polar surface area (TPSA) is 75.3 Å². The zero-order valence-electron chi connectivity index (χ0n) is 11.4. The van der Waals surface area contributed by atoms with Gasteiger partial charge in [-0.15, -0.1) is 0 Å². The van der Waals surface area contributed by atoms with E-state index in [1.54, 1.807) is 35.9 Å². The van der Waals surface area contributed by atoms with Gasteiger partial charge in [0.25, 0.3) is 0 Å². The highest BCUT2D eigenvalue weighted by molar-refractivity contribution is 6.01. The van der Waals surface area contributed by atoms with Crippen molar-refractivity contribution in [2.45, 2.75) is 13.0 Å². The molecular formula is C16H14N2O3. The number of aromatic nitrogens is 2. The van der Waals surface area contributed by atoms with Crippen LogP contribution in [0, 0.1) is 0 Å². The van der Waals surface area contributed by atoms with Crippen LogP contribution in [0.3, 0.4) is 0 Å². The fourth-order valence-electron chi connectivity index (χ4n) is 2.32. The largest absolute Gasteiger partial charge is 0.476 e. The van der Waals surface area contributed by atoms with Crippen LogP contribution in [0.1, 0.15) is 29.1 Å². The van der Waals surface area contributed by atoms with E-state index in [0.717, 1.165) is 16.8 Å². The van der Waals surface area contributed by atoms with Gasteiger partial charge in [-0.2, -0.15) is 5.10 Å². The highest BCUT2D eigenvalue weighted by Crippen LogP contribution is 2.23. The smallest absolute Gasteiger partial charge is 0.357 e. The van der Waals surface area contributed by atoms with Gasteiger partial charge in [0, 0.05) is 5.39 Å². The summed E-state index contributed by atoms with van der Waals surface area (Å²) in [5.41, 5.74) is 2.32. The summed E-state index contributed by atoms with van der Waals surface area (Å²) in [6.45, 7) is 1.70. The molecule has 0 amide bonds. The molecule has 5 nitrogen and oxygen atoms in total. The molecule has 106 valence electrons. The van der Waals surface area contributed by atoms with Crippen LogP contribution in [-0.2, 0) is 0 Å². The summed E-state index contributed by atoms with van der Waals surface area (Å²) >= 11 is 0. The molecule has 0 aliphatic carbocycles. The number of para-hydroxylation sites is 1. The van der Waals surface area contributed by atoms with Crippen molar-refractivity contribution in [1.82, 2.24) is 9.78 Å². The third-order valence-electron chi connectivity index (χ3n) is 3.41. The number of aromatic carboxylic acids is 1. The highest BCUT2D eigenvalue weighted by Gasteiger charge is 2.16. The van der Waals surface area contributed by atoms with Crippen LogP contribution < -0.4 is 0 Å². The zero-order chi connectivity index (χ0) is 15.0. The first kappa shape index (κ1) is 13.3. The van der Waals surface area contributed by atoms with E-state index in [0.29, 0.717) is 5.39 Å². The summed E-state index contributed by atoms with van der Waals surface area (Å²) in [4.78, 5) is 11.3. The predicted octanol–water partition coefficient (Wildman–Crippen LogP) is 2.78. The van der Waals surface area contributed by atoms with Crippen LogP contribution in [0.15, 0.2) is 48.5 Å². The van der Waals surface area contributed by atoms with E-state index in [-0.39, 0.29) is 5.69 Å². The average Bonchev–Trinajstić information content (AvgIpc) is 2.87. The van der Waals surface area contributed by atoms with Gasteiger partial charge in [0.1, 0.15) is 0 Å². The second-order valence-electron chi connectivity index (χ2n) is 4.85. The highest BCUT2D eigenvalue weighted by atomic mass is 16.4. The minimum Gasteiger partial charge on any atom is -0.476 e. The molecule has 21 heavy (non-hydrogen) atoms. The molecule has 0 aliphatic rings. The Kier molecular flexibility index (Phi) is 3.19. The normalized spacial score (nSPS) is 12.5. The van der Waals surface area contributed by atoms with Gasteiger partial charge in [-0.05, 0) is 30.7 Å². The quantitative estimate of drug-likeness (QED) is 0.774. The lowest BCUT2D eigenvalue weighted by atomic mass is 10.1. The first-order valence-electron chi connectivity index (χ1n) is 6.57. The molecule has 0 spiro atoms. The molecular weight excluding hydrogens is 268 g/mol. The van der Waals surface area contributed by atoms with Crippen LogP contribution in [0.25, 0.3) is 16.6 Å². The molecule has 2 aromatic carbocycles. The average molecular weight is 282 g/mol. The minimum atomic E-state index is -1.05. The molecule has 0 bridgehead atoms. The number of benzene rings is 2. The van der Waals surface area contributed by atoms with Gasteiger partial charge in [-0.1, -0.05) is 30.3 Å². The first-order valence-corrected chi connectivity index (χ1v) is 6.57. The number of rotatable bonds is 3. The van der Waals surface area contributed by atoms with Crippen molar-refractivity contribution in [1.29, 1.82) is 0 Å². The van der Waals surface area contributed by atoms with Gasteiger partial charge >= 0.3 is 5.97 Å². The Morgan fingerprint density at radius 2 is 1.81 bits per heavy atom. The Morgan fingerprint density at radius 1 is 1.14 bits per heavy atom. The Hall–Kier alpha value is -2.66. The fraction of sp³-hybridized carbons (Fsp3) is 0.125. The third-order valence-corrected chi connectivity index (χ3v) is 3.41. The number of nitrogens with zero attached hydrogens (tertiary/aromatic N) is 2. The second kappa shape index (κ2) is 5.03. The van der Waals surface area contributed by atoms with Crippen LogP contribution in [0.4, 0.5) is 0 Å². The van der Waals surface area contributed by atoms with Crippen molar-refractivity contribution in [3.05, 3.63) is 59.8 Å². The number of carboxylic acids is 1. The van der Waals surface area contributed by atoms with E-state index in [1.807, 2.05) is 24.3 Å². The molecule has 5 heteroatoms. The third kappa shape index (κ3) is 2.28. The molecule has 0 fully saturated rings. The number of hydrogen-bond donors (Lipinski definition) is 2. The molecule has 1 unspecified atom stereocenters. The van der Waals surface area contributed by atoms with E-state index >= 15 is 0 Å². The summed E-state index contributed by atoms with van der Waals surface area (Å²) in [6.07, 6.45) is -0.539.